The Labute approximate surface area is 211 Å². The van der Waals surface area contributed by atoms with Gasteiger partial charge in [0.1, 0.15) is 16.9 Å². The van der Waals surface area contributed by atoms with Crippen molar-refractivity contribution < 1.29 is 18.3 Å². The number of halogens is 3. The molecule has 9 nitrogen and oxygen atoms in total. The van der Waals surface area contributed by atoms with Gasteiger partial charge in [0.2, 0.25) is 5.95 Å². The summed E-state index contributed by atoms with van der Waals surface area (Å²) in [5, 5.41) is 14.5. The minimum Gasteiger partial charge on any atom is -0.396 e. The molecule has 0 aromatic carbocycles. The number of nitrogens with one attached hydrogen (secondary N) is 2. The first-order chi connectivity index (χ1) is 17.5. The first kappa shape index (κ1) is 24.9. The Morgan fingerprint density at radius 1 is 1.14 bits per heavy atom. The second-order valence-corrected chi connectivity index (χ2v) is 9.50. The fourth-order valence-electron chi connectivity index (χ4n) is 4.49. The molecule has 0 bridgehead atoms. The summed E-state index contributed by atoms with van der Waals surface area (Å²) in [5.74, 6) is 0.254. The van der Waals surface area contributed by atoms with Gasteiger partial charge in [0.15, 0.2) is 0 Å². The zero-order valence-corrected chi connectivity index (χ0v) is 20.3. The number of aromatic amines is 1. The first-order valence-electron chi connectivity index (χ1n) is 11.8. The predicted molar refractivity (Wildman–Crippen MR) is 133 cm³/mol. The minimum atomic E-state index is -4.53. The lowest BCUT2D eigenvalue weighted by Crippen LogP contribution is -2.41. The Balaban J connectivity index is 1.38. The quantitative estimate of drug-likeness (QED) is 0.315. The second kappa shape index (κ2) is 9.27. The van der Waals surface area contributed by atoms with E-state index in [0.717, 1.165) is 30.9 Å². The van der Waals surface area contributed by atoms with Crippen LogP contribution in [0.15, 0.2) is 43.0 Å². The molecule has 0 radical (unpaired) electrons. The maximum Gasteiger partial charge on any atom is 0.417 e. The number of hydrogen-bond donors (Lipinski definition) is 4. The number of piperidine rings is 1. The standard InChI is InChI=1S/C25H27F3N8O/c1-14(15-3-4-20(30-10-15)24(37)5-7-36(2)8-6-24)34-23-33-13-19(29)21(35-23)18-12-32-22-17(18)9-16(11-31-22)25(26,27)28/h3-4,9-14,37H,5-8,29H2,1-2H3,(H,31,32)(H,33,34,35). The lowest BCUT2D eigenvalue weighted by atomic mass is 9.87. The van der Waals surface area contributed by atoms with Gasteiger partial charge in [0.05, 0.1) is 29.2 Å². The van der Waals surface area contributed by atoms with E-state index in [-0.39, 0.29) is 28.8 Å². The van der Waals surface area contributed by atoms with Crippen LogP contribution in [0.5, 0.6) is 0 Å². The Morgan fingerprint density at radius 2 is 1.89 bits per heavy atom. The van der Waals surface area contributed by atoms with E-state index in [9.17, 15) is 18.3 Å². The largest absolute Gasteiger partial charge is 0.417 e. The number of fused-ring (bicyclic) bond motifs is 1. The van der Waals surface area contributed by atoms with E-state index in [1.807, 2.05) is 26.1 Å². The molecule has 4 aromatic heterocycles. The maximum atomic E-state index is 13.2. The lowest BCUT2D eigenvalue weighted by molar-refractivity contribution is -0.137. The molecule has 194 valence electrons. The van der Waals surface area contributed by atoms with Crippen LogP contribution >= 0.6 is 0 Å². The summed E-state index contributed by atoms with van der Waals surface area (Å²) in [4.78, 5) is 22.2. The molecular formula is C25H27F3N8O. The summed E-state index contributed by atoms with van der Waals surface area (Å²) in [6.45, 7) is 3.52. The molecule has 12 heteroatoms. The van der Waals surface area contributed by atoms with Crippen LogP contribution in [0.25, 0.3) is 22.3 Å². The summed E-state index contributed by atoms with van der Waals surface area (Å²) >= 11 is 0. The van der Waals surface area contributed by atoms with Crippen LogP contribution in [0.3, 0.4) is 0 Å². The number of likely N-dealkylation sites (tertiary alicyclic amines) is 1. The molecule has 37 heavy (non-hydrogen) atoms. The molecule has 5 N–H and O–H groups in total. The molecule has 5 rings (SSSR count). The number of nitrogen functional groups attached to an aromatic ring is 1. The molecule has 0 aliphatic carbocycles. The van der Waals surface area contributed by atoms with E-state index in [2.05, 4.69) is 35.1 Å². The number of alkyl halides is 3. The van der Waals surface area contributed by atoms with Crippen molar-refractivity contribution in [1.29, 1.82) is 0 Å². The van der Waals surface area contributed by atoms with Gasteiger partial charge < -0.3 is 26.0 Å². The van der Waals surface area contributed by atoms with E-state index in [4.69, 9.17) is 5.73 Å². The highest BCUT2D eigenvalue weighted by Crippen LogP contribution is 2.36. The van der Waals surface area contributed by atoms with E-state index in [1.165, 1.54) is 12.4 Å². The smallest absolute Gasteiger partial charge is 0.396 e. The molecule has 4 aromatic rings. The number of nitrogens with two attached hydrogens (primary N) is 1. The number of pyridine rings is 2. The van der Waals surface area contributed by atoms with E-state index in [1.54, 1.807) is 6.20 Å². The van der Waals surface area contributed by atoms with Gasteiger partial charge >= 0.3 is 6.18 Å². The number of anilines is 2. The van der Waals surface area contributed by atoms with Gasteiger partial charge in [-0.15, -0.1) is 0 Å². The Morgan fingerprint density at radius 3 is 2.57 bits per heavy atom. The second-order valence-electron chi connectivity index (χ2n) is 9.50. The van der Waals surface area contributed by atoms with Gasteiger partial charge in [-0.2, -0.15) is 13.2 Å². The minimum absolute atomic E-state index is 0.217. The number of nitrogens with zero attached hydrogens (tertiary/aromatic N) is 5. The average molecular weight is 513 g/mol. The molecule has 1 aliphatic rings. The van der Waals surface area contributed by atoms with Crippen molar-refractivity contribution in [2.75, 3.05) is 31.2 Å². The molecular weight excluding hydrogens is 485 g/mol. The van der Waals surface area contributed by atoms with E-state index >= 15 is 0 Å². The molecule has 0 saturated carbocycles. The Bertz CT molecular complexity index is 1410. The number of hydrogen-bond acceptors (Lipinski definition) is 8. The van der Waals surface area contributed by atoms with Crippen molar-refractivity contribution in [2.24, 2.45) is 0 Å². The van der Waals surface area contributed by atoms with Crippen molar-refractivity contribution in [3.8, 4) is 11.3 Å². The number of aromatic nitrogens is 5. The topological polar surface area (TPSA) is 129 Å². The van der Waals surface area contributed by atoms with Crippen LogP contribution in [-0.2, 0) is 11.8 Å². The molecule has 0 spiro atoms. The van der Waals surface area contributed by atoms with Gasteiger partial charge in [-0.05, 0) is 44.5 Å². The van der Waals surface area contributed by atoms with Crippen LogP contribution < -0.4 is 11.1 Å². The first-order valence-corrected chi connectivity index (χ1v) is 11.8. The number of rotatable bonds is 5. The Hall–Kier alpha value is -3.77. The number of H-pyrrole nitrogens is 1. The molecule has 1 aliphatic heterocycles. The highest BCUT2D eigenvalue weighted by molar-refractivity contribution is 5.95. The molecule has 1 fully saturated rings. The average Bonchev–Trinajstić information content (AvgIpc) is 3.30. The summed E-state index contributed by atoms with van der Waals surface area (Å²) in [6.07, 6.45) is 2.16. The van der Waals surface area contributed by atoms with Crippen LogP contribution in [0.1, 0.15) is 42.6 Å². The van der Waals surface area contributed by atoms with Crippen molar-refractivity contribution >= 4 is 22.7 Å². The normalized spacial score (nSPS) is 17.1. The van der Waals surface area contributed by atoms with Crippen LogP contribution in [0.2, 0.25) is 0 Å². The van der Waals surface area contributed by atoms with Gasteiger partial charge in [-0.1, -0.05) is 6.07 Å². The van der Waals surface area contributed by atoms with Crippen LogP contribution in [-0.4, -0.2) is 55.1 Å². The van der Waals surface area contributed by atoms with Gasteiger partial charge in [0.25, 0.3) is 0 Å². The predicted octanol–water partition coefficient (Wildman–Crippen LogP) is 4.10. The zero-order valence-electron chi connectivity index (χ0n) is 20.3. The van der Waals surface area contributed by atoms with E-state index < -0.39 is 17.3 Å². The van der Waals surface area contributed by atoms with Crippen molar-refractivity contribution in [2.45, 2.75) is 37.6 Å². The number of aliphatic hydroxyl groups is 1. The van der Waals surface area contributed by atoms with Gasteiger partial charge in [-0.3, -0.25) is 4.98 Å². The van der Waals surface area contributed by atoms with Crippen LogP contribution in [0.4, 0.5) is 24.8 Å². The van der Waals surface area contributed by atoms with E-state index in [0.29, 0.717) is 29.7 Å². The highest BCUT2D eigenvalue weighted by atomic mass is 19.4. The summed E-state index contributed by atoms with van der Waals surface area (Å²) < 4.78 is 39.7. The molecule has 1 atom stereocenters. The summed E-state index contributed by atoms with van der Waals surface area (Å²) in [6, 6.07) is 4.52. The third-order valence-corrected chi connectivity index (χ3v) is 6.85. The lowest BCUT2D eigenvalue weighted by Gasteiger charge is -2.36. The Kier molecular flexibility index (Phi) is 6.24. The summed E-state index contributed by atoms with van der Waals surface area (Å²) in [7, 11) is 2.03. The molecule has 1 unspecified atom stereocenters. The SMILES string of the molecule is CC(Nc1ncc(N)c(-c2c[nH]c3ncc(C(F)(F)F)cc23)n1)c1ccc(C2(O)CCN(C)CC2)nc1. The van der Waals surface area contributed by atoms with Crippen LogP contribution in [0, 0.1) is 0 Å². The molecule has 5 heterocycles. The monoisotopic (exact) mass is 512 g/mol. The maximum absolute atomic E-state index is 13.2. The van der Waals surface area contributed by atoms with Crippen molar-refractivity contribution in [3.05, 3.63) is 59.8 Å². The highest BCUT2D eigenvalue weighted by Gasteiger charge is 2.34. The molecule has 0 amide bonds. The van der Waals surface area contributed by atoms with Gasteiger partial charge in [-0.25, -0.2) is 15.0 Å². The van der Waals surface area contributed by atoms with Crippen molar-refractivity contribution in [3.63, 3.8) is 0 Å². The van der Waals surface area contributed by atoms with Crippen molar-refractivity contribution in [1.82, 2.24) is 29.8 Å². The summed E-state index contributed by atoms with van der Waals surface area (Å²) in [5.41, 5.74) is 7.00. The third-order valence-electron chi connectivity index (χ3n) is 6.85. The fraction of sp³-hybridized carbons (Fsp3) is 0.360. The van der Waals surface area contributed by atoms with Gasteiger partial charge in [0, 0.05) is 42.6 Å². The fourth-order valence-corrected chi connectivity index (χ4v) is 4.49. The third kappa shape index (κ3) is 4.94. The zero-order chi connectivity index (χ0) is 26.4. The molecule has 1 saturated heterocycles.